The first-order chi connectivity index (χ1) is 9.11. The SMILES string of the molecule is O=C(O)Nc1ccc(Cl)c(C(=O)NCC(F)(F)F)c1F. The van der Waals surface area contributed by atoms with Crippen LogP contribution in [0.3, 0.4) is 0 Å². The van der Waals surface area contributed by atoms with Gasteiger partial charge in [0.25, 0.3) is 5.91 Å². The molecule has 1 aromatic carbocycles. The van der Waals surface area contributed by atoms with Crippen LogP contribution in [0.5, 0.6) is 0 Å². The maximum Gasteiger partial charge on any atom is 0.409 e. The molecule has 1 rings (SSSR count). The van der Waals surface area contributed by atoms with E-state index in [4.69, 9.17) is 16.7 Å². The van der Waals surface area contributed by atoms with Crippen molar-refractivity contribution in [3.63, 3.8) is 0 Å². The van der Waals surface area contributed by atoms with Gasteiger partial charge in [0.2, 0.25) is 0 Å². The molecule has 10 heteroatoms. The summed E-state index contributed by atoms with van der Waals surface area (Å²) in [5.41, 5.74) is -1.47. The van der Waals surface area contributed by atoms with Gasteiger partial charge in [-0.3, -0.25) is 10.1 Å². The zero-order valence-corrected chi connectivity index (χ0v) is 10.3. The van der Waals surface area contributed by atoms with Crippen molar-refractivity contribution >= 4 is 29.3 Å². The van der Waals surface area contributed by atoms with Crippen LogP contribution in [0.2, 0.25) is 5.02 Å². The third kappa shape index (κ3) is 4.26. The summed E-state index contributed by atoms with van der Waals surface area (Å²) in [4.78, 5) is 21.8. The molecule has 0 atom stereocenters. The molecule has 0 heterocycles. The summed E-state index contributed by atoms with van der Waals surface area (Å²) in [5, 5.41) is 11.1. The highest BCUT2D eigenvalue weighted by atomic mass is 35.5. The molecule has 0 bridgehead atoms. The average molecular weight is 315 g/mol. The van der Waals surface area contributed by atoms with Gasteiger partial charge in [-0.2, -0.15) is 13.2 Å². The predicted octanol–water partition coefficient (Wildman–Crippen LogP) is 2.86. The third-order valence-electron chi connectivity index (χ3n) is 2.01. The van der Waals surface area contributed by atoms with Crippen LogP contribution in [-0.2, 0) is 0 Å². The van der Waals surface area contributed by atoms with E-state index in [0.29, 0.717) is 0 Å². The lowest BCUT2D eigenvalue weighted by molar-refractivity contribution is -0.123. The van der Waals surface area contributed by atoms with E-state index in [2.05, 4.69) is 0 Å². The zero-order chi connectivity index (χ0) is 15.5. The van der Waals surface area contributed by atoms with Crippen molar-refractivity contribution in [3.05, 3.63) is 28.5 Å². The maximum atomic E-state index is 13.8. The van der Waals surface area contributed by atoms with E-state index in [1.54, 1.807) is 5.32 Å². The Kier molecular flexibility index (Phi) is 4.77. The van der Waals surface area contributed by atoms with Gasteiger partial charge in [-0.25, -0.2) is 9.18 Å². The number of hydrogen-bond donors (Lipinski definition) is 3. The number of nitrogens with one attached hydrogen (secondary N) is 2. The first-order valence-corrected chi connectivity index (χ1v) is 5.32. The van der Waals surface area contributed by atoms with Gasteiger partial charge in [0.15, 0.2) is 5.82 Å². The monoisotopic (exact) mass is 314 g/mol. The lowest BCUT2D eigenvalue weighted by Crippen LogP contribution is -2.34. The van der Waals surface area contributed by atoms with Crippen molar-refractivity contribution in [2.24, 2.45) is 0 Å². The Morgan fingerprint density at radius 1 is 1.30 bits per heavy atom. The topological polar surface area (TPSA) is 78.4 Å². The second-order valence-electron chi connectivity index (χ2n) is 3.51. The van der Waals surface area contributed by atoms with Gasteiger partial charge in [0.1, 0.15) is 6.54 Å². The van der Waals surface area contributed by atoms with Crippen LogP contribution in [0.4, 0.5) is 28.0 Å². The van der Waals surface area contributed by atoms with Crippen LogP contribution in [0.25, 0.3) is 0 Å². The highest BCUT2D eigenvalue weighted by molar-refractivity contribution is 6.34. The number of rotatable bonds is 3. The molecule has 0 saturated heterocycles. The molecule has 0 spiro atoms. The molecule has 0 radical (unpaired) electrons. The van der Waals surface area contributed by atoms with E-state index in [-0.39, 0.29) is 0 Å². The normalized spacial score (nSPS) is 11.1. The predicted molar refractivity (Wildman–Crippen MR) is 61.4 cm³/mol. The Balaban J connectivity index is 3.04. The van der Waals surface area contributed by atoms with Crippen molar-refractivity contribution in [1.82, 2.24) is 5.32 Å². The summed E-state index contributed by atoms with van der Waals surface area (Å²) < 4.78 is 49.7. The van der Waals surface area contributed by atoms with Crippen molar-refractivity contribution in [3.8, 4) is 0 Å². The first kappa shape index (κ1) is 16.0. The smallest absolute Gasteiger partial charge is 0.409 e. The average Bonchev–Trinajstić information content (AvgIpc) is 2.29. The Hall–Kier alpha value is -2.03. The van der Waals surface area contributed by atoms with Crippen LogP contribution in [0.15, 0.2) is 12.1 Å². The van der Waals surface area contributed by atoms with E-state index >= 15 is 0 Å². The van der Waals surface area contributed by atoms with Crippen molar-refractivity contribution in [2.45, 2.75) is 6.18 Å². The summed E-state index contributed by atoms with van der Waals surface area (Å²) in [7, 11) is 0. The Morgan fingerprint density at radius 2 is 1.90 bits per heavy atom. The molecular weight excluding hydrogens is 308 g/mol. The van der Waals surface area contributed by atoms with Crippen molar-refractivity contribution in [2.75, 3.05) is 11.9 Å². The fourth-order valence-electron chi connectivity index (χ4n) is 1.24. The summed E-state index contributed by atoms with van der Waals surface area (Å²) in [6.07, 6.45) is -6.27. The fourth-order valence-corrected chi connectivity index (χ4v) is 1.47. The highest BCUT2D eigenvalue weighted by Gasteiger charge is 2.29. The standard InChI is InChI=1S/C10H7ClF4N2O3/c11-4-1-2-5(17-9(19)20)7(12)6(4)8(18)16-3-10(13,14)15/h1-2,17H,3H2,(H,16,18)(H,19,20). The van der Waals surface area contributed by atoms with Gasteiger partial charge < -0.3 is 10.4 Å². The first-order valence-electron chi connectivity index (χ1n) is 4.94. The van der Waals surface area contributed by atoms with Crippen LogP contribution in [-0.4, -0.2) is 29.8 Å². The molecule has 0 unspecified atom stereocenters. The second kappa shape index (κ2) is 5.95. The van der Waals surface area contributed by atoms with Gasteiger partial charge in [-0.15, -0.1) is 0 Å². The van der Waals surface area contributed by atoms with E-state index in [1.807, 2.05) is 0 Å². The number of carboxylic acid groups (broad SMARTS) is 1. The van der Waals surface area contributed by atoms with Gasteiger partial charge in [-0.1, -0.05) is 11.6 Å². The number of anilines is 1. The molecular formula is C10H7ClF4N2O3. The third-order valence-corrected chi connectivity index (χ3v) is 2.32. The van der Waals surface area contributed by atoms with Gasteiger partial charge in [0, 0.05) is 0 Å². The molecule has 3 N–H and O–H groups in total. The number of benzene rings is 1. The number of hydrogen-bond acceptors (Lipinski definition) is 2. The van der Waals surface area contributed by atoms with E-state index in [9.17, 15) is 27.2 Å². The van der Waals surface area contributed by atoms with Crippen LogP contribution in [0, 0.1) is 5.82 Å². The number of alkyl halides is 3. The second-order valence-corrected chi connectivity index (χ2v) is 3.92. The Bertz CT molecular complexity index is 548. The minimum absolute atomic E-state index is 0.446. The number of carbonyl (C=O) groups excluding carboxylic acids is 1. The highest BCUT2D eigenvalue weighted by Crippen LogP contribution is 2.26. The number of amides is 2. The maximum absolute atomic E-state index is 13.8. The molecule has 0 fully saturated rings. The van der Waals surface area contributed by atoms with Gasteiger partial charge in [-0.05, 0) is 12.1 Å². The lowest BCUT2D eigenvalue weighted by Gasteiger charge is -2.12. The largest absolute Gasteiger partial charge is 0.465 e. The molecule has 0 aliphatic carbocycles. The lowest BCUT2D eigenvalue weighted by atomic mass is 10.1. The molecule has 110 valence electrons. The Morgan fingerprint density at radius 3 is 2.40 bits per heavy atom. The summed E-state index contributed by atoms with van der Waals surface area (Å²) >= 11 is 5.53. The summed E-state index contributed by atoms with van der Waals surface area (Å²) in [6, 6.07) is 1.92. The molecule has 5 nitrogen and oxygen atoms in total. The molecule has 0 aliphatic heterocycles. The fraction of sp³-hybridized carbons (Fsp3) is 0.200. The van der Waals surface area contributed by atoms with Gasteiger partial charge >= 0.3 is 12.3 Å². The Labute approximate surface area is 114 Å². The zero-order valence-electron chi connectivity index (χ0n) is 9.52. The molecule has 1 aromatic rings. The van der Waals surface area contributed by atoms with Crippen molar-refractivity contribution in [1.29, 1.82) is 0 Å². The molecule has 0 aromatic heterocycles. The van der Waals surface area contributed by atoms with E-state index in [1.165, 1.54) is 5.32 Å². The van der Waals surface area contributed by atoms with Crippen LogP contribution < -0.4 is 10.6 Å². The number of carbonyl (C=O) groups is 2. The molecule has 0 aliphatic rings. The summed E-state index contributed by atoms with van der Waals surface area (Å²) in [5.74, 6) is -2.77. The van der Waals surface area contributed by atoms with E-state index < -0.39 is 46.8 Å². The number of halogens is 5. The minimum atomic E-state index is -4.67. The summed E-state index contributed by atoms with van der Waals surface area (Å²) in [6.45, 7) is -1.67. The van der Waals surface area contributed by atoms with Crippen LogP contribution in [0.1, 0.15) is 10.4 Å². The molecule has 0 saturated carbocycles. The minimum Gasteiger partial charge on any atom is -0.465 e. The quantitative estimate of drug-likeness (QED) is 0.751. The van der Waals surface area contributed by atoms with Gasteiger partial charge in [0.05, 0.1) is 16.3 Å². The van der Waals surface area contributed by atoms with Crippen LogP contribution >= 0.6 is 11.6 Å². The van der Waals surface area contributed by atoms with E-state index in [0.717, 1.165) is 12.1 Å². The molecule has 20 heavy (non-hydrogen) atoms. The molecule has 2 amide bonds. The van der Waals surface area contributed by atoms with Crippen molar-refractivity contribution < 1.29 is 32.3 Å².